The van der Waals surface area contributed by atoms with Crippen LogP contribution in [0.5, 0.6) is 0 Å². The molecule has 1 aromatic carbocycles. The molecule has 2 saturated carbocycles. The summed E-state index contributed by atoms with van der Waals surface area (Å²) in [5, 5.41) is 33.4. The maximum absolute atomic E-state index is 14.7. The van der Waals surface area contributed by atoms with Crippen LogP contribution in [0.2, 0.25) is 0 Å². The van der Waals surface area contributed by atoms with E-state index in [4.69, 9.17) is 4.74 Å². The van der Waals surface area contributed by atoms with Gasteiger partial charge in [0.25, 0.3) is 5.91 Å². The van der Waals surface area contributed by atoms with E-state index < -0.39 is 34.5 Å². The first-order chi connectivity index (χ1) is 19.5. The van der Waals surface area contributed by atoms with Gasteiger partial charge in [-0.25, -0.2) is 0 Å². The number of aliphatic hydroxyl groups is 3. The third kappa shape index (κ3) is 3.05. The highest BCUT2D eigenvalue weighted by Gasteiger charge is 2.80. The normalized spacial score (nSPS) is 47.3. The average Bonchev–Trinajstić information content (AvgIpc) is 3.67. The number of carbonyl (C=O) groups excluding carboxylic acids is 2. The van der Waals surface area contributed by atoms with Crippen LogP contribution in [0.4, 0.5) is 5.69 Å². The minimum absolute atomic E-state index is 0.0400. The Kier molecular flexibility index (Phi) is 5.97. The Morgan fingerprint density at radius 2 is 1.85 bits per heavy atom. The number of allylic oxidation sites excluding steroid dienone is 1. The largest absolute Gasteiger partial charge is 0.462 e. The van der Waals surface area contributed by atoms with E-state index in [1.165, 1.54) is 0 Å². The SMILES string of the molecule is C=C1CC[C@@H]2[C@](C)(CO)[C@H](O)CC[C@]2(C)[C@@H]1CC1[C@@]2(C(=O)OC[C@H]2O)C2CCCN2[C@]12C(=O)N(C)c1ccccc12. The van der Waals surface area contributed by atoms with Crippen LogP contribution in [-0.4, -0.2) is 77.2 Å². The number of anilines is 1. The predicted octanol–water partition coefficient (Wildman–Crippen LogP) is 2.99. The van der Waals surface area contributed by atoms with Gasteiger partial charge in [-0.1, -0.05) is 44.2 Å². The molecule has 1 amide bonds. The maximum Gasteiger partial charge on any atom is 0.316 e. The van der Waals surface area contributed by atoms with E-state index in [9.17, 15) is 24.9 Å². The lowest BCUT2D eigenvalue weighted by molar-refractivity contribution is -0.161. The molecular formula is C33H44N2O6. The summed E-state index contributed by atoms with van der Waals surface area (Å²) in [4.78, 5) is 32.8. The average molecular weight is 565 g/mol. The number of fused-ring (bicyclic) bond motifs is 6. The van der Waals surface area contributed by atoms with Crippen molar-refractivity contribution in [3.63, 3.8) is 0 Å². The molecule has 0 bridgehead atoms. The Morgan fingerprint density at radius 1 is 1.10 bits per heavy atom. The zero-order valence-corrected chi connectivity index (χ0v) is 24.5. The summed E-state index contributed by atoms with van der Waals surface area (Å²) in [6.07, 6.45) is 3.45. The summed E-state index contributed by atoms with van der Waals surface area (Å²) in [7, 11) is 1.82. The van der Waals surface area contributed by atoms with Crippen molar-refractivity contribution in [3.8, 4) is 0 Å². The molecule has 8 heteroatoms. The topological polar surface area (TPSA) is 111 Å². The highest BCUT2D eigenvalue weighted by atomic mass is 16.6. The standard InChI is InChI=1S/C33H44N2O6/c1-19-11-12-23-30(2,14-13-26(37)31(23,3)18-36)21(19)16-24-32(27(38)17-41-29(32)40)25-10-7-15-35(25)33(24)20-8-5-6-9-22(20)34(4)28(33)39/h5-6,8-9,21,23-27,36-38H,1,7,10-18H2,2-4H3/t21-,23+,24?,25?,26-,27-,30-,31+,32-,33+/m1/s1. The molecule has 0 radical (unpaired) electrons. The fourth-order valence-corrected chi connectivity index (χ4v) is 11.2. The lowest BCUT2D eigenvalue weighted by Gasteiger charge is -2.60. The highest BCUT2D eigenvalue weighted by molar-refractivity contribution is 6.09. The summed E-state index contributed by atoms with van der Waals surface area (Å²) in [6.45, 7) is 9.37. The van der Waals surface area contributed by atoms with Gasteiger partial charge in [-0.15, -0.1) is 0 Å². The van der Waals surface area contributed by atoms with Crippen LogP contribution in [0, 0.1) is 34.0 Å². The molecule has 222 valence electrons. The molecule has 6 aliphatic rings. The maximum atomic E-state index is 14.7. The van der Waals surface area contributed by atoms with E-state index >= 15 is 0 Å². The first-order valence-corrected chi connectivity index (χ1v) is 15.5. The molecule has 2 aliphatic carbocycles. The summed E-state index contributed by atoms with van der Waals surface area (Å²) in [5.74, 6) is -0.937. The third-order valence-corrected chi connectivity index (χ3v) is 13.1. The number of likely N-dealkylation sites (N-methyl/N-ethyl adjacent to an activating group) is 1. The Balaban J connectivity index is 1.44. The van der Waals surface area contributed by atoms with Gasteiger partial charge in [-0.3, -0.25) is 14.5 Å². The van der Waals surface area contributed by atoms with Crippen molar-refractivity contribution in [2.75, 3.05) is 31.7 Å². The Bertz CT molecular complexity index is 1320. The number of amides is 1. The van der Waals surface area contributed by atoms with Crippen LogP contribution in [0.1, 0.15) is 64.4 Å². The fourth-order valence-electron chi connectivity index (χ4n) is 11.2. The van der Waals surface area contributed by atoms with Crippen molar-refractivity contribution in [2.24, 2.45) is 34.0 Å². The minimum atomic E-state index is -1.22. The number of rotatable bonds is 3. The van der Waals surface area contributed by atoms with Gasteiger partial charge in [-0.2, -0.15) is 0 Å². The molecule has 0 aromatic heterocycles. The molecule has 41 heavy (non-hydrogen) atoms. The van der Waals surface area contributed by atoms with Crippen LogP contribution < -0.4 is 4.90 Å². The minimum Gasteiger partial charge on any atom is -0.462 e. The number of esters is 1. The van der Waals surface area contributed by atoms with E-state index in [0.29, 0.717) is 19.4 Å². The Hall–Kier alpha value is -2.26. The van der Waals surface area contributed by atoms with Gasteiger partial charge in [0.1, 0.15) is 23.7 Å². The Labute approximate surface area is 242 Å². The van der Waals surface area contributed by atoms with Crippen LogP contribution in [0.3, 0.4) is 0 Å². The molecule has 8 nitrogen and oxygen atoms in total. The highest BCUT2D eigenvalue weighted by Crippen LogP contribution is 2.70. The zero-order valence-electron chi connectivity index (χ0n) is 24.5. The number of benzene rings is 1. The van der Waals surface area contributed by atoms with Crippen molar-refractivity contribution >= 4 is 17.6 Å². The van der Waals surface area contributed by atoms with E-state index in [2.05, 4.69) is 18.4 Å². The van der Waals surface area contributed by atoms with Crippen LogP contribution >= 0.6 is 0 Å². The molecule has 4 aliphatic heterocycles. The number of aliphatic hydroxyl groups excluding tert-OH is 3. The van der Waals surface area contributed by atoms with E-state index in [-0.39, 0.29) is 48.4 Å². The first kappa shape index (κ1) is 27.6. The molecule has 4 heterocycles. The summed E-state index contributed by atoms with van der Waals surface area (Å²) >= 11 is 0. The lowest BCUT2D eigenvalue weighted by Crippen LogP contribution is -2.59. The molecule has 2 unspecified atom stereocenters. The van der Waals surface area contributed by atoms with Crippen molar-refractivity contribution in [2.45, 2.75) is 82.6 Å². The van der Waals surface area contributed by atoms with Crippen LogP contribution in [0.25, 0.3) is 0 Å². The quantitative estimate of drug-likeness (QED) is 0.383. The van der Waals surface area contributed by atoms with Gasteiger partial charge in [0, 0.05) is 35.7 Å². The third-order valence-electron chi connectivity index (χ3n) is 13.1. The smallest absolute Gasteiger partial charge is 0.316 e. The number of ether oxygens (including phenoxy) is 1. The number of carbonyl (C=O) groups is 2. The molecule has 3 N–H and O–H groups in total. The van der Waals surface area contributed by atoms with E-state index in [0.717, 1.165) is 48.9 Å². The summed E-state index contributed by atoms with van der Waals surface area (Å²) < 4.78 is 5.68. The van der Waals surface area contributed by atoms with Gasteiger partial charge >= 0.3 is 5.97 Å². The second-order valence-corrected chi connectivity index (χ2v) is 14.4. The predicted molar refractivity (Wildman–Crippen MR) is 153 cm³/mol. The zero-order chi connectivity index (χ0) is 29.1. The second kappa shape index (κ2) is 8.88. The van der Waals surface area contributed by atoms with Gasteiger partial charge < -0.3 is 25.0 Å². The number of para-hydroxylation sites is 1. The molecule has 5 fully saturated rings. The molecule has 3 saturated heterocycles. The second-order valence-electron chi connectivity index (χ2n) is 14.4. The van der Waals surface area contributed by atoms with E-state index in [1.54, 1.807) is 4.90 Å². The first-order valence-electron chi connectivity index (χ1n) is 15.5. The van der Waals surface area contributed by atoms with E-state index in [1.807, 2.05) is 38.2 Å². The van der Waals surface area contributed by atoms with Gasteiger partial charge in [-0.05, 0) is 74.8 Å². The number of cyclic esters (lactones) is 1. The number of nitrogens with zero attached hydrogens (tertiary/aromatic N) is 2. The lowest BCUT2D eigenvalue weighted by atomic mass is 9.44. The van der Waals surface area contributed by atoms with Crippen LogP contribution in [0.15, 0.2) is 36.4 Å². The fraction of sp³-hybridized carbons (Fsp3) is 0.697. The Morgan fingerprint density at radius 3 is 2.56 bits per heavy atom. The molecule has 2 spiro atoms. The number of hydrogen-bond donors (Lipinski definition) is 3. The molecule has 7 rings (SSSR count). The van der Waals surface area contributed by atoms with Gasteiger partial charge in [0.15, 0.2) is 0 Å². The molecule has 1 aromatic rings. The van der Waals surface area contributed by atoms with Crippen LogP contribution in [-0.2, 0) is 19.9 Å². The van der Waals surface area contributed by atoms with Gasteiger partial charge in [0.2, 0.25) is 0 Å². The summed E-state index contributed by atoms with van der Waals surface area (Å²) in [5.41, 5.74) is -0.370. The molecule has 10 atom stereocenters. The summed E-state index contributed by atoms with van der Waals surface area (Å²) in [6, 6.07) is 7.63. The van der Waals surface area contributed by atoms with Crippen molar-refractivity contribution < 1.29 is 29.6 Å². The van der Waals surface area contributed by atoms with Crippen molar-refractivity contribution in [3.05, 3.63) is 42.0 Å². The number of hydrogen-bond acceptors (Lipinski definition) is 7. The van der Waals surface area contributed by atoms with Crippen molar-refractivity contribution in [1.29, 1.82) is 0 Å². The molecular weight excluding hydrogens is 520 g/mol. The monoisotopic (exact) mass is 564 g/mol. The van der Waals surface area contributed by atoms with Gasteiger partial charge in [0.05, 0.1) is 12.7 Å². The van der Waals surface area contributed by atoms with Crippen molar-refractivity contribution in [1.82, 2.24) is 4.90 Å².